The fourth-order valence-electron chi connectivity index (χ4n) is 0.462. The second-order valence-corrected chi connectivity index (χ2v) is 1.44. The van der Waals surface area contributed by atoms with Gasteiger partial charge in [0.1, 0.15) is 5.82 Å². The van der Waals surface area contributed by atoms with Crippen molar-refractivity contribution >= 4 is 11.8 Å². The predicted molar refractivity (Wildman–Crippen MR) is 32.5 cm³/mol. The van der Waals surface area contributed by atoms with Gasteiger partial charge >= 0.3 is 0 Å². The second kappa shape index (κ2) is 1.73. The van der Waals surface area contributed by atoms with Gasteiger partial charge in [0.15, 0.2) is 0 Å². The minimum absolute atomic E-state index is 0.578. The molecule has 1 aromatic rings. The summed E-state index contributed by atoms with van der Waals surface area (Å²) in [5, 5.41) is 2.80. The third kappa shape index (κ3) is 0.726. The summed E-state index contributed by atoms with van der Waals surface area (Å²) in [4.78, 5) is 6.62. The van der Waals surface area contributed by atoms with Crippen molar-refractivity contribution < 1.29 is 0 Å². The molecule has 1 aromatic heterocycles. The number of imidazole rings is 1. The summed E-state index contributed by atoms with van der Waals surface area (Å²) in [6.07, 6.45) is 1.56. The molecule has 1 heterocycles. The van der Waals surface area contributed by atoms with E-state index in [1.807, 2.05) is 0 Å². The van der Waals surface area contributed by atoms with Crippen LogP contribution >= 0.6 is 0 Å². The summed E-state index contributed by atoms with van der Waals surface area (Å²) in [7, 11) is 1.78. The number of hydrogen-bond acceptors (Lipinski definition) is 3. The number of aromatic amines is 1. The Morgan fingerprint density at radius 3 is 2.88 bits per heavy atom. The Balaban J connectivity index is 2.84. The maximum absolute atomic E-state index is 5.30. The fraction of sp³-hybridized carbons (Fsp3) is 0.250. The molecule has 0 bridgehead atoms. The maximum Gasteiger partial charge on any atom is 0.201 e. The molecule has 8 heavy (non-hydrogen) atoms. The van der Waals surface area contributed by atoms with E-state index < -0.39 is 0 Å². The first-order valence-corrected chi connectivity index (χ1v) is 2.31. The number of hydrogen-bond donors (Lipinski definition) is 3. The van der Waals surface area contributed by atoms with Crippen LogP contribution in [0.3, 0.4) is 0 Å². The maximum atomic E-state index is 5.30. The molecule has 44 valence electrons. The lowest BCUT2D eigenvalue weighted by Gasteiger charge is -1.87. The Morgan fingerprint density at radius 1 is 1.88 bits per heavy atom. The number of nitrogen functional groups attached to an aromatic ring is 1. The van der Waals surface area contributed by atoms with E-state index >= 15 is 0 Å². The first kappa shape index (κ1) is 4.96. The highest BCUT2D eigenvalue weighted by Crippen LogP contribution is 1.99. The highest BCUT2D eigenvalue weighted by atomic mass is 15.1. The van der Waals surface area contributed by atoms with Crippen LogP contribution in [0.25, 0.3) is 0 Å². The number of nitrogens with zero attached hydrogens (tertiary/aromatic N) is 1. The Morgan fingerprint density at radius 2 is 2.62 bits per heavy atom. The van der Waals surface area contributed by atoms with E-state index in [1.165, 1.54) is 0 Å². The van der Waals surface area contributed by atoms with Gasteiger partial charge in [-0.05, 0) is 0 Å². The van der Waals surface area contributed by atoms with Crippen LogP contribution in [0.15, 0.2) is 6.20 Å². The zero-order valence-electron chi connectivity index (χ0n) is 4.60. The molecule has 0 amide bonds. The van der Waals surface area contributed by atoms with Gasteiger partial charge in [0.25, 0.3) is 0 Å². The van der Waals surface area contributed by atoms with Crippen LogP contribution in [0.2, 0.25) is 0 Å². The van der Waals surface area contributed by atoms with Crippen molar-refractivity contribution in [1.29, 1.82) is 0 Å². The number of rotatable bonds is 1. The summed E-state index contributed by atoms with van der Waals surface area (Å²) < 4.78 is 0. The number of aromatic nitrogens is 2. The first-order chi connectivity index (χ1) is 3.83. The summed E-state index contributed by atoms with van der Waals surface area (Å²) in [5.41, 5.74) is 5.30. The van der Waals surface area contributed by atoms with Crippen molar-refractivity contribution in [3.05, 3.63) is 6.20 Å². The van der Waals surface area contributed by atoms with E-state index in [1.54, 1.807) is 13.2 Å². The van der Waals surface area contributed by atoms with Gasteiger partial charge in [0.2, 0.25) is 5.95 Å². The molecule has 0 saturated carbocycles. The van der Waals surface area contributed by atoms with Gasteiger partial charge in [-0.25, -0.2) is 4.98 Å². The number of nitrogens with one attached hydrogen (secondary N) is 2. The van der Waals surface area contributed by atoms with E-state index in [4.69, 9.17) is 5.73 Å². The molecule has 4 N–H and O–H groups in total. The molecule has 0 aromatic carbocycles. The highest BCUT2D eigenvalue weighted by Gasteiger charge is 1.88. The molecule has 0 spiro atoms. The zero-order chi connectivity index (χ0) is 5.98. The van der Waals surface area contributed by atoms with Gasteiger partial charge in [0, 0.05) is 7.05 Å². The quantitative estimate of drug-likeness (QED) is 0.480. The molecule has 0 saturated heterocycles. The monoisotopic (exact) mass is 112 g/mol. The molecule has 0 radical (unpaired) electrons. The Kier molecular flexibility index (Phi) is 1.07. The minimum atomic E-state index is 0.578. The van der Waals surface area contributed by atoms with Crippen molar-refractivity contribution in [3.63, 3.8) is 0 Å². The van der Waals surface area contributed by atoms with Gasteiger partial charge in [-0.15, -0.1) is 0 Å². The van der Waals surface area contributed by atoms with E-state index in [0.29, 0.717) is 11.8 Å². The molecule has 0 fully saturated rings. The van der Waals surface area contributed by atoms with E-state index in [-0.39, 0.29) is 0 Å². The molecule has 4 heteroatoms. The molecule has 0 unspecified atom stereocenters. The minimum Gasteiger partial charge on any atom is -0.384 e. The van der Waals surface area contributed by atoms with E-state index in [0.717, 1.165) is 0 Å². The SMILES string of the molecule is CNc1ncc(N)[nH]1. The average Bonchev–Trinajstić information content (AvgIpc) is 2.14. The number of nitrogens with two attached hydrogens (primary N) is 1. The van der Waals surface area contributed by atoms with E-state index in [9.17, 15) is 0 Å². The van der Waals surface area contributed by atoms with Crippen LogP contribution < -0.4 is 11.1 Å². The lowest BCUT2D eigenvalue weighted by Crippen LogP contribution is -1.89. The van der Waals surface area contributed by atoms with Gasteiger partial charge in [-0.2, -0.15) is 0 Å². The molecule has 0 atom stereocenters. The summed E-state index contributed by atoms with van der Waals surface area (Å²) in [6.45, 7) is 0. The van der Waals surface area contributed by atoms with Crippen LogP contribution in [-0.4, -0.2) is 17.0 Å². The summed E-state index contributed by atoms with van der Waals surface area (Å²) >= 11 is 0. The molecule has 0 aliphatic carbocycles. The topological polar surface area (TPSA) is 66.7 Å². The van der Waals surface area contributed by atoms with Crippen LogP contribution in [0.4, 0.5) is 11.8 Å². The third-order valence-corrected chi connectivity index (χ3v) is 0.832. The molecule has 0 aliphatic rings. The fourth-order valence-corrected chi connectivity index (χ4v) is 0.462. The molecular weight excluding hydrogens is 104 g/mol. The van der Waals surface area contributed by atoms with Gasteiger partial charge in [0.05, 0.1) is 6.20 Å². The molecular formula is C4H8N4. The van der Waals surface area contributed by atoms with Crippen molar-refractivity contribution in [2.45, 2.75) is 0 Å². The van der Waals surface area contributed by atoms with Crippen molar-refractivity contribution in [2.75, 3.05) is 18.1 Å². The first-order valence-electron chi connectivity index (χ1n) is 2.31. The summed E-state index contributed by atoms with van der Waals surface area (Å²) in [5.74, 6) is 1.27. The van der Waals surface area contributed by atoms with Gasteiger partial charge in [-0.1, -0.05) is 0 Å². The van der Waals surface area contributed by atoms with Gasteiger partial charge in [-0.3, -0.25) is 0 Å². The molecule has 1 rings (SSSR count). The van der Waals surface area contributed by atoms with Crippen LogP contribution in [0, 0.1) is 0 Å². The van der Waals surface area contributed by atoms with Crippen LogP contribution in [0.5, 0.6) is 0 Å². The van der Waals surface area contributed by atoms with Gasteiger partial charge < -0.3 is 16.0 Å². The second-order valence-electron chi connectivity index (χ2n) is 1.44. The number of H-pyrrole nitrogens is 1. The largest absolute Gasteiger partial charge is 0.384 e. The normalized spacial score (nSPS) is 9.12. The molecule has 4 nitrogen and oxygen atoms in total. The standard InChI is InChI=1S/C4H8N4/c1-6-4-7-2-3(5)8-4/h2H,5H2,1H3,(H2,6,7,8). The number of anilines is 2. The van der Waals surface area contributed by atoms with Crippen LogP contribution in [-0.2, 0) is 0 Å². The smallest absolute Gasteiger partial charge is 0.201 e. The Hall–Kier alpha value is -1.19. The van der Waals surface area contributed by atoms with E-state index in [2.05, 4.69) is 15.3 Å². The molecule has 0 aliphatic heterocycles. The van der Waals surface area contributed by atoms with Crippen molar-refractivity contribution in [3.8, 4) is 0 Å². The lowest BCUT2D eigenvalue weighted by molar-refractivity contribution is 1.26. The van der Waals surface area contributed by atoms with Crippen molar-refractivity contribution in [1.82, 2.24) is 9.97 Å². The predicted octanol–water partition coefficient (Wildman–Crippen LogP) is 0.0336. The lowest BCUT2D eigenvalue weighted by atomic mass is 10.8. The van der Waals surface area contributed by atoms with Crippen LogP contribution in [0.1, 0.15) is 0 Å². The zero-order valence-corrected chi connectivity index (χ0v) is 4.60. The average molecular weight is 112 g/mol. The third-order valence-electron chi connectivity index (χ3n) is 0.832. The highest BCUT2D eigenvalue weighted by molar-refractivity contribution is 5.35. The Bertz CT molecular complexity index is 168. The Labute approximate surface area is 47.1 Å². The van der Waals surface area contributed by atoms with Crippen molar-refractivity contribution in [2.24, 2.45) is 0 Å². The summed E-state index contributed by atoms with van der Waals surface area (Å²) in [6, 6.07) is 0.